The number of carbonyl (C=O) groups is 1. The van der Waals surface area contributed by atoms with Crippen LogP contribution in [0, 0.1) is 6.92 Å². The molecular formula is C21H20N4OS2. The standard InChI is InChI=1S/C21H20N4OS2/c1-3-25-19-7-5-4-6-17(19)24-21(25)28-13-20(26)23-16-10-8-15(9-11-16)18-12-27-14(2)22-18/h4-12H,3,13H2,1-2H3,(H,23,26). The SMILES string of the molecule is CCn1c(SCC(=O)Nc2ccc(-c3csc(C)n3)cc2)nc2ccccc21. The van der Waals surface area contributed by atoms with Crippen molar-refractivity contribution in [2.24, 2.45) is 0 Å². The molecule has 5 nitrogen and oxygen atoms in total. The first-order valence-electron chi connectivity index (χ1n) is 9.04. The zero-order valence-electron chi connectivity index (χ0n) is 15.7. The lowest BCUT2D eigenvalue weighted by atomic mass is 10.1. The maximum absolute atomic E-state index is 12.4. The van der Waals surface area contributed by atoms with Crippen LogP contribution >= 0.6 is 23.1 Å². The maximum Gasteiger partial charge on any atom is 0.234 e. The van der Waals surface area contributed by atoms with Crippen molar-refractivity contribution in [1.29, 1.82) is 0 Å². The van der Waals surface area contributed by atoms with E-state index in [0.717, 1.165) is 44.7 Å². The molecular weight excluding hydrogens is 388 g/mol. The Morgan fingerprint density at radius 2 is 1.93 bits per heavy atom. The summed E-state index contributed by atoms with van der Waals surface area (Å²) in [4.78, 5) is 21.5. The van der Waals surface area contributed by atoms with E-state index in [1.807, 2.05) is 54.8 Å². The van der Waals surface area contributed by atoms with Gasteiger partial charge in [0, 0.05) is 23.2 Å². The summed E-state index contributed by atoms with van der Waals surface area (Å²) in [5.74, 6) is 0.271. The van der Waals surface area contributed by atoms with Crippen LogP contribution in [-0.2, 0) is 11.3 Å². The van der Waals surface area contributed by atoms with Crippen LogP contribution < -0.4 is 5.32 Å². The molecule has 2 aromatic carbocycles. The number of para-hydroxylation sites is 2. The number of imidazole rings is 1. The van der Waals surface area contributed by atoms with Gasteiger partial charge in [0.05, 0.1) is 27.5 Å². The first-order valence-corrected chi connectivity index (χ1v) is 10.9. The number of benzene rings is 2. The molecule has 4 aromatic rings. The van der Waals surface area contributed by atoms with Gasteiger partial charge in [0.25, 0.3) is 0 Å². The van der Waals surface area contributed by atoms with Crippen LogP contribution in [-0.4, -0.2) is 26.2 Å². The quantitative estimate of drug-likeness (QED) is 0.445. The number of aryl methyl sites for hydroxylation is 2. The Labute approximate surface area is 171 Å². The van der Waals surface area contributed by atoms with Crippen LogP contribution in [0.4, 0.5) is 5.69 Å². The average Bonchev–Trinajstić information content (AvgIpc) is 3.30. The normalized spacial score (nSPS) is 11.1. The molecule has 0 atom stereocenters. The molecule has 0 saturated heterocycles. The Bertz CT molecular complexity index is 1120. The fourth-order valence-electron chi connectivity index (χ4n) is 3.02. The predicted octanol–water partition coefficient (Wildman–Crippen LogP) is 5.22. The van der Waals surface area contributed by atoms with Crippen molar-refractivity contribution in [3.63, 3.8) is 0 Å². The van der Waals surface area contributed by atoms with Gasteiger partial charge in [0.1, 0.15) is 0 Å². The summed E-state index contributed by atoms with van der Waals surface area (Å²) < 4.78 is 2.14. The zero-order valence-corrected chi connectivity index (χ0v) is 17.3. The first kappa shape index (κ1) is 18.7. The second-order valence-electron chi connectivity index (χ2n) is 6.29. The predicted molar refractivity (Wildman–Crippen MR) is 117 cm³/mol. The lowest BCUT2D eigenvalue weighted by Crippen LogP contribution is -2.14. The van der Waals surface area contributed by atoms with Gasteiger partial charge in [-0.1, -0.05) is 36.0 Å². The van der Waals surface area contributed by atoms with E-state index in [9.17, 15) is 4.79 Å². The van der Waals surface area contributed by atoms with Gasteiger partial charge in [-0.3, -0.25) is 4.79 Å². The lowest BCUT2D eigenvalue weighted by molar-refractivity contribution is -0.113. The monoisotopic (exact) mass is 408 g/mol. The highest BCUT2D eigenvalue weighted by atomic mass is 32.2. The molecule has 7 heteroatoms. The van der Waals surface area contributed by atoms with Crippen LogP contribution in [0.2, 0.25) is 0 Å². The molecule has 142 valence electrons. The van der Waals surface area contributed by atoms with E-state index in [1.54, 1.807) is 11.3 Å². The minimum atomic E-state index is -0.0445. The Balaban J connectivity index is 1.40. The largest absolute Gasteiger partial charge is 0.325 e. The molecule has 0 saturated carbocycles. The number of rotatable bonds is 6. The summed E-state index contributed by atoms with van der Waals surface area (Å²) in [6.07, 6.45) is 0. The molecule has 4 rings (SSSR count). The highest BCUT2D eigenvalue weighted by Gasteiger charge is 2.12. The molecule has 0 fully saturated rings. The summed E-state index contributed by atoms with van der Waals surface area (Å²) in [5.41, 5.74) is 4.86. The van der Waals surface area contributed by atoms with Gasteiger partial charge in [0.15, 0.2) is 5.16 Å². The van der Waals surface area contributed by atoms with Crippen molar-refractivity contribution in [3.8, 4) is 11.3 Å². The lowest BCUT2D eigenvalue weighted by Gasteiger charge is -2.07. The molecule has 0 unspecified atom stereocenters. The molecule has 28 heavy (non-hydrogen) atoms. The number of carbonyl (C=O) groups excluding carboxylic acids is 1. The Morgan fingerprint density at radius 1 is 1.14 bits per heavy atom. The third-order valence-corrected chi connectivity index (χ3v) is 6.10. The molecule has 2 heterocycles. The fraction of sp³-hybridized carbons (Fsp3) is 0.190. The maximum atomic E-state index is 12.4. The van der Waals surface area contributed by atoms with Crippen molar-refractivity contribution in [3.05, 3.63) is 58.9 Å². The summed E-state index contributed by atoms with van der Waals surface area (Å²) in [6, 6.07) is 15.8. The van der Waals surface area contributed by atoms with Crippen LogP contribution in [0.1, 0.15) is 11.9 Å². The average molecular weight is 409 g/mol. The van der Waals surface area contributed by atoms with Gasteiger partial charge in [-0.15, -0.1) is 11.3 Å². The van der Waals surface area contributed by atoms with Crippen LogP contribution in [0.25, 0.3) is 22.3 Å². The number of nitrogens with zero attached hydrogens (tertiary/aromatic N) is 3. The van der Waals surface area contributed by atoms with E-state index in [2.05, 4.69) is 32.8 Å². The highest BCUT2D eigenvalue weighted by molar-refractivity contribution is 7.99. The Kier molecular flexibility index (Phi) is 5.45. The van der Waals surface area contributed by atoms with Gasteiger partial charge in [-0.05, 0) is 38.1 Å². The minimum absolute atomic E-state index is 0.0445. The number of hydrogen-bond donors (Lipinski definition) is 1. The van der Waals surface area contributed by atoms with Crippen LogP contribution in [0.3, 0.4) is 0 Å². The van der Waals surface area contributed by atoms with Crippen molar-refractivity contribution in [2.75, 3.05) is 11.1 Å². The fourth-order valence-corrected chi connectivity index (χ4v) is 4.52. The van der Waals surface area contributed by atoms with Crippen molar-refractivity contribution >= 4 is 45.7 Å². The third kappa shape index (κ3) is 3.95. The van der Waals surface area contributed by atoms with E-state index in [-0.39, 0.29) is 5.91 Å². The number of aromatic nitrogens is 3. The summed E-state index contributed by atoms with van der Waals surface area (Å²) in [6.45, 7) is 4.90. The first-order chi connectivity index (χ1) is 13.6. The number of anilines is 1. The number of nitrogens with one attached hydrogen (secondary N) is 1. The van der Waals surface area contributed by atoms with Crippen molar-refractivity contribution in [1.82, 2.24) is 14.5 Å². The molecule has 0 aliphatic heterocycles. The number of thioether (sulfide) groups is 1. The molecule has 0 bridgehead atoms. The summed E-state index contributed by atoms with van der Waals surface area (Å²) in [7, 11) is 0. The van der Waals surface area contributed by atoms with Gasteiger partial charge >= 0.3 is 0 Å². The number of amides is 1. The molecule has 0 aliphatic rings. The molecule has 0 aliphatic carbocycles. The smallest absolute Gasteiger partial charge is 0.234 e. The number of fused-ring (bicyclic) bond motifs is 1. The van der Waals surface area contributed by atoms with Gasteiger partial charge in [0.2, 0.25) is 5.91 Å². The Morgan fingerprint density at radius 3 is 2.64 bits per heavy atom. The van der Waals surface area contributed by atoms with Crippen molar-refractivity contribution < 1.29 is 4.79 Å². The Hall–Kier alpha value is -2.64. The summed E-state index contributed by atoms with van der Waals surface area (Å²) in [5, 5.41) is 6.91. The van der Waals surface area contributed by atoms with Gasteiger partial charge in [-0.25, -0.2) is 9.97 Å². The molecule has 1 amide bonds. The summed E-state index contributed by atoms with van der Waals surface area (Å²) >= 11 is 3.09. The van der Waals surface area contributed by atoms with E-state index < -0.39 is 0 Å². The van der Waals surface area contributed by atoms with E-state index in [1.165, 1.54) is 11.8 Å². The van der Waals surface area contributed by atoms with Crippen molar-refractivity contribution in [2.45, 2.75) is 25.5 Å². The van der Waals surface area contributed by atoms with Gasteiger partial charge < -0.3 is 9.88 Å². The molecule has 0 radical (unpaired) electrons. The van der Waals surface area contributed by atoms with Gasteiger partial charge in [-0.2, -0.15) is 0 Å². The van der Waals surface area contributed by atoms with Crippen LogP contribution in [0.15, 0.2) is 59.1 Å². The van der Waals surface area contributed by atoms with Crippen LogP contribution in [0.5, 0.6) is 0 Å². The van der Waals surface area contributed by atoms with E-state index in [0.29, 0.717) is 5.75 Å². The second kappa shape index (κ2) is 8.16. The second-order valence-corrected chi connectivity index (χ2v) is 8.30. The number of thiazole rings is 1. The number of hydrogen-bond acceptors (Lipinski definition) is 5. The van der Waals surface area contributed by atoms with E-state index >= 15 is 0 Å². The third-order valence-electron chi connectivity index (χ3n) is 4.35. The molecule has 0 spiro atoms. The molecule has 2 aromatic heterocycles. The van der Waals surface area contributed by atoms with E-state index in [4.69, 9.17) is 0 Å². The topological polar surface area (TPSA) is 59.8 Å². The zero-order chi connectivity index (χ0) is 19.5. The highest BCUT2D eigenvalue weighted by Crippen LogP contribution is 2.25. The minimum Gasteiger partial charge on any atom is -0.325 e. The molecule has 1 N–H and O–H groups in total.